The molecule has 0 spiro atoms. The summed E-state index contributed by atoms with van der Waals surface area (Å²) in [5, 5.41) is 13.9. The third kappa shape index (κ3) is 5.15. The van der Waals surface area contributed by atoms with Gasteiger partial charge in [0.25, 0.3) is 5.69 Å². The van der Waals surface area contributed by atoms with E-state index in [1.54, 1.807) is 0 Å². The number of hydrogen-bond donors (Lipinski definition) is 1. The van der Waals surface area contributed by atoms with E-state index in [0.717, 1.165) is 18.9 Å². The van der Waals surface area contributed by atoms with Gasteiger partial charge < -0.3 is 5.32 Å². The van der Waals surface area contributed by atoms with Gasteiger partial charge >= 0.3 is 0 Å². The first-order valence-electron chi connectivity index (χ1n) is 7.00. The Kier molecular flexibility index (Phi) is 5.92. The maximum Gasteiger partial charge on any atom is 0.271 e. The molecule has 0 fully saturated rings. The van der Waals surface area contributed by atoms with Crippen LogP contribution in [0.4, 0.5) is 15.8 Å². The highest BCUT2D eigenvalue weighted by molar-refractivity contribution is 5.52. The van der Waals surface area contributed by atoms with Crippen molar-refractivity contribution < 1.29 is 9.31 Å². The zero-order chi connectivity index (χ0) is 15.3. The Balaban J connectivity index is 2.91. The zero-order valence-corrected chi connectivity index (χ0v) is 12.5. The molecule has 1 aromatic carbocycles. The molecule has 0 aliphatic rings. The van der Waals surface area contributed by atoms with Crippen molar-refractivity contribution in [3.05, 3.63) is 34.1 Å². The van der Waals surface area contributed by atoms with E-state index in [9.17, 15) is 14.5 Å². The number of hydrogen-bond acceptors (Lipinski definition) is 3. The third-order valence-electron chi connectivity index (χ3n) is 3.03. The molecule has 1 N–H and O–H groups in total. The predicted octanol–water partition coefficient (Wildman–Crippen LogP) is 4.61. The van der Waals surface area contributed by atoms with Crippen LogP contribution in [0.3, 0.4) is 0 Å². The van der Waals surface area contributed by atoms with Gasteiger partial charge in [0, 0.05) is 18.2 Å². The van der Waals surface area contributed by atoms with Crippen molar-refractivity contribution in [1.29, 1.82) is 0 Å². The molecule has 0 saturated heterocycles. The standard InChI is InChI=1S/C15H23FN2O2/c1-10(2)7-12(8-11(3)4)17-15-9-13(18(19)20)5-6-14(15)16/h5-6,9-12,17H,7-8H2,1-4H3. The lowest BCUT2D eigenvalue weighted by Gasteiger charge is -2.23. The van der Waals surface area contributed by atoms with Crippen molar-refractivity contribution in [3.63, 3.8) is 0 Å². The molecule has 0 bridgehead atoms. The van der Waals surface area contributed by atoms with E-state index in [1.807, 2.05) is 0 Å². The van der Waals surface area contributed by atoms with Crippen molar-refractivity contribution in [1.82, 2.24) is 0 Å². The fourth-order valence-corrected chi connectivity index (χ4v) is 2.31. The van der Waals surface area contributed by atoms with Gasteiger partial charge in [-0.3, -0.25) is 10.1 Å². The molecule has 20 heavy (non-hydrogen) atoms. The van der Waals surface area contributed by atoms with Crippen molar-refractivity contribution >= 4 is 11.4 Å². The largest absolute Gasteiger partial charge is 0.380 e. The minimum Gasteiger partial charge on any atom is -0.380 e. The van der Waals surface area contributed by atoms with Crippen LogP contribution < -0.4 is 5.32 Å². The first-order valence-corrected chi connectivity index (χ1v) is 7.00. The molecule has 0 amide bonds. The molecule has 1 aromatic rings. The molecule has 0 unspecified atom stereocenters. The second-order valence-electron chi connectivity index (χ2n) is 6.02. The van der Waals surface area contributed by atoms with Crippen LogP contribution in [-0.2, 0) is 0 Å². The van der Waals surface area contributed by atoms with Crippen LogP contribution >= 0.6 is 0 Å². The molecule has 0 aliphatic carbocycles. The van der Waals surface area contributed by atoms with Crippen LogP contribution in [0.2, 0.25) is 0 Å². The molecule has 1 rings (SSSR count). The number of nitrogens with zero attached hydrogens (tertiary/aromatic N) is 1. The predicted molar refractivity (Wildman–Crippen MR) is 79.4 cm³/mol. The van der Waals surface area contributed by atoms with Crippen LogP contribution in [0, 0.1) is 27.8 Å². The van der Waals surface area contributed by atoms with Gasteiger partial charge in [-0.25, -0.2) is 4.39 Å². The van der Waals surface area contributed by atoms with E-state index in [1.165, 1.54) is 12.1 Å². The Morgan fingerprint density at radius 2 is 1.75 bits per heavy atom. The normalized spacial score (nSPS) is 11.4. The Morgan fingerprint density at radius 1 is 1.20 bits per heavy atom. The summed E-state index contributed by atoms with van der Waals surface area (Å²) in [6, 6.07) is 3.71. The fourth-order valence-electron chi connectivity index (χ4n) is 2.31. The van der Waals surface area contributed by atoms with Crippen LogP contribution in [0.5, 0.6) is 0 Å². The van der Waals surface area contributed by atoms with Crippen LogP contribution in [0.15, 0.2) is 18.2 Å². The van der Waals surface area contributed by atoms with Gasteiger partial charge in [-0.2, -0.15) is 0 Å². The highest BCUT2D eigenvalue weighted by Gasteiger charge is 2.17. The van der Waals surface area contributed by atoms with Gasteiger partial charge in [-0.15, -0.1) is 0 Å². The van der Waals surface area contributed by atoms with Crippen LogP contribution in [-0.4, -0.2) is 11.0 Å². The first kappa shape index (κ1) is 16.4. The maximum atomic E-state index is 13.8. The lowest BCUT2D eigenvalue weighted by atomic mass is 9.95. The summed E-state index contributed by atoms with van der Waals surface area (Å²) in [4.78, 5) is 10.3. The number of rotatable bonds is 7. The van der Waals surface area contributed by atoms with E-state index < -0.39 is 10.7 Å². The number of non-ortho nitro benzene ring substituents is 1. The summed E-state index contributed by atoms with van der Waals surface area (Å²) in [6.07, 6.45) is 1.81. The van der Waals surface area contributed by atoms with Crippen LogP contribution in [0.25, 0.3) is 0 Å². The number of nitrogens with one attached hydrogen (secondary N) is 1. The van der Waals surface area contributed by atoms with Crippen molar-refractivity contribution in [2.24, 2.45) is 11.8 Å². The van der Waals surface area contributed by atoms with E-state index in [4.69, 9.17) is 0 Å². The molecule has 0 atom stereocenters. The molecular weight excluding hydrogens is 259 g/mol. The summed E-state index contributed by atoms with van der Waals surface area (Å²) in [5.41, 5.74) is 0.118. The SMILES string of the molecule is CC(C)CC(CC(C)C)Nc1cc([N+](=O)[O-])ccc1F. The average molecular weight is 282 g/mol. The number of anilines is 1. The van der Waals surface area contributed by atoms with Crippen LogP contribution in [0.1, 0.15) is 40.5 Å². The van der Waals surface area contributed by atoms with Crippen molar-refractivity contribution in [2.45, 2.75) is 46.6 Å². The lowest BCUT2D eigenvalue weighted by molar-refractivity contribution is -0.384. The number of nitro benzene ring substituents is 1. The minimum absolute atomic E-state index is 0.0956. The summed E-state index contributed by atoms with van der Waals surface area (Å²) in [6.45, 7) is 8.44. The smallest absolute Gasteiger partial charge is 0.271 e. The quantitative estimate of drug-likeness (QED) is 0.587. The number of halogens is 1. The Morgan fingerprint density at radius 3 is 2.20 bits per heavy atom. The topological polar surface area (TPSA) is 55.2 Å². The van der Waals surface area contributed by atoms with E-state index in [2.05, 4.69) is 33.0 Å². The molecule has 4 nitrogen and oxygen atoms in total. The molecular formula is C15H23FN2O2. The van der Waals surface area contributed by atoms with E-state index in [-0.39, 0.29) is 17.4 Å². The second kappa shape index (κ2) is 7.22. The summed E-state index contributed by atoms with van der Waals surface area (Å²) in [7, 11) is 0. The Bertz CT molecular complexity index is 451. The van der Waals surface area contributed by atoms with Gasteiger partial charge in [0.05, 0.1) is 10.6 Å². The first-order chi connectivity index (χ1) is 9.29. The highest BCUT2D eigenvalue weighted by Crippen LogP contribution is 2.25. The lowest BCUT2D eigenvalue weighted by Crippen LogP contribution is -2.24. The summed E-state index contributed by atoms with van der Waals surface area (Å²) < 4.78 is 13.8. The average Bonchev–Trinajstić information content (AvgIpc) is 2.29. The molecule has 0 saturated carbocycles. The maximum absolute atomic E-state index is 13.8. The van der Waals surface area contributed by atoms with E-state index >= 15 is 0 Å². The molecule has 0 radical (unpaired) electrons. The van der Waals surface area contributed by atoms with Gasteiger partial charge in [0.15, 0.2) is 0 Å². The third-order valence-corrected chi connectivity index (χ3v) is 3.03. The van der Waals surface area contributed by atoms with Gasteiger partial charge in [-0.1, -0.05) is 27.7 Å². The second-order valence-corrected chi connectivity index (χ2v) is 6.02. The van der Waals surface area contributed by atoms with E-state index in [0.29, 0.717) is 11.8 Å². The number of nitro groups is 1. The fraction of sp³-hybridized carbons (Fsp3) is 0.600. The van der Waals surface area contributed by atoms with Crippen molar-refractivity contribution in [2.75, 3.05) is 5.32 Å². The summed E-state index contributed by atoms with van der Waals surface area (Å²) >= 11 is 0. The Hall–Kier alpha value is -1.65. The van der Waals surface area contributed by atoms with Crippen molar-refractivity contribution in [3.8, 4) is 0 Å². The number of benzene rings is 1. The molecule has 0 heterocycles. The monoisotopic (exact) mass is 282 g/mol. The highest BCUT2D eigenvalue weighted by atomic mass is 19.1. The van der Waals surface area contributed by atoms with Gasteiger partial charge in [0.2, 0.25) is 0 Å². The summed E-state index contributed by atoms with van der Waals surface area (Å²) in [5.74, 6) is 0.508. The Labute approximate surface area is 119 Å². The molecule has 0 aromatic heterocycles. The molecule has 112 valence electrons. The van der Waals surface area contributed by atoms with Gasteiger partial charge in [-0.05, 0) is 30.7 Å². The molecule has 0 aliphatic heterocycles. The molecule has 5 heteroatoms. The minimum atomic E-state index is -0.509. The van der Waals surface area contributed by atoms with Gasteiger partial charge in [0.1, 0.15) is 5.82 Å². The zero-order valence-electron chi connectivity index (χ0n) is 12.5.